The fraction of sp³-hybridized carbons (Fsp3) is 0.692. The van der Waals surface area contributed by atoms with Crippen molar-refractivity contribution in [1.82, 2.24) is 20.0 Å². The molecule has 1 fully saturated rings. The number of morpholine rings is 1. The van der Waals surface area contributed by atoms with E-state index < -0.39 is 0 Å². The number of aryl methyl sites for hydroxylation is 1. The summed E-state index contributed by atoms with van der Waals surface area (Å²) in [5, 5.41) is 7.49. The number of hydrogen-bond acceptors (Lipinski definition) is 4. The van der Waals surface area contributed by atoms with Crippen LogP contribution in [0.4, 0.5) is 0 Å². The molecule has 1 saturated heterocycles. The van der Waals surface area contributed by atoms with Crippen molar-refractivity contribution in [2.45, 2.75) is 6.10 Å². The average Bonchev–Trinajstić information content (AvgIpc) is 2.90. The normalized spacial score (nSPS) is 19.3. The Labute approximate surface area is 142 Å². The minimum absolute atomic E-state index is 0. The van der Waals surface area contributed by atoms with Gasteiger partial charge in [-0.3, -0.25) is 9.67 Å². The zero-order valence-corrected chi connectivity index (χ0v) is 15.1. The summed E-state index contributed by atoms with van der Waals surface area (Å²) in [6.07, 6.45) is 3.89. The van der Waals surface area contributed by atoms with Crippen molar-refractivity contribution < 1.29 is 9.47 Å². The van der Waals surface area contributed by atoms with Crippen LogP contribution in [0.15, 0.2) is 17.4 Å². The van der Waals surface area contributed by atoms with Crippen LogP contribution in [-0.2, 0) is 16.5 Å². The Hall–Kier alpha value is -0.870. The smallest absolute Gasteiger partial charge is 0.193 e. The van der Waals surface area contributed by atoms with Gasteiger partial charge in [-0.1, -0.05) is 0 Å². The van der Waals surface area contributed by atoms with E-state index in [0.717, 1.165) is 31.2 Å². The highest BCUT2D eigenvalue weighted by molar-refractivity contribution is 14.0. The van der Waals surface area contributed by atoms with Crippen LogP contribution in [-0.4, -0.2) is 67.6 Å². The molecule has 120 valence electrons. The molecule has 1 aliphatic heterocycles. The quantitative estimate of drug-likeness (QED) is 0.342. The summed E-state index contributed by atoms with van der Waals surface area (Å²) < 4.78 is 12.7. The molecule has 1 aromatic heterocycles. The van der Waals surface area contributed by atoms with Crippen LogP contribution >= 0.6 is 24.0 Å². The molecule has 0 spiro atoms. The number of aromatic nitrogens is 2. The van der Waals surface area contributed by atoms with Gasteiger partial charge in [0.15, 0.2) is 5.96 Å². The van der Waals surface area contributed by atoms with Gasteiger partial charge in [0.25, 0.3) is 0 Å². The summed E-state index contributed by atoms with van der Waals surface area (Å²) in [6.45, 7) is 3.71. The number of aliphatic imine (C=N–C) groups is 1. The van der Waals surface area contributed by atoms with Gasteiger partial charge in [0.2, 0.25) is 0 Å². The monoisotopic (exact) mass is 409 g/mol. The molecular weight excluding hydrogens is 385 g/mol. The highest BCUT2D eigenvalue weighted by atomic mass is 127. The van der Waals surface area contributed by atoms with Gasteiger partial charge in [0.1, 0.15) is 6.10 Å². The molecule has 1 unspecified atom stereocenters. The van der Waals surface area contributed by atoms with Crippen molar-refractivity contribution in [3.8, 4) is 0 Å². The van der Waals surface area contributed by atoms with E-state index in [2.05, 4.69) is 20.3 Å². The maximum atomic E-state index is 5.83. The molecule has 0 amide bonds. The second-order valence-corrected chi connectivity index (χ2v) is 4.72. The van der Waals surface area contributed by atoms with Gasteiger partial charge in [0, 0.05) is 46.1 Å². The number of guanidine groups is 1. The topological polar surface area (TPSA) is 63.9 Å². The molecule has 0 aromatic carbocycles. The Kier molecular flexibility index (Phi) is 7.97. The number of rotatable bonds is 4. The number of hydrogen-bond donors (Lipinski definition) is 1. The summed E-state index contributed by atoms with van der Waals surface area (Å²) in [5.74, 6) is 0.888. The Morgan fingerprint density at radius 1 is 1.62 bits per heavy atom. The molecule has 0 saturated carbocycles. The minimum atomic E-state index is 0. The third-order valence-corrected chi connectivity index (χ3v) is 3.26. The van der Waals surface area contributed by atoms with E-state index in [1.54, 1.807) is 18.8 Å². The van der Waals surface area contributed by atoms with Crippen LogP contribution in [0.3, 0.4) is 0 Å². The maximum absolute atomic E-state index is 5.83. The van der Waals surface area contributed by atoms with Crippen LogP contribution < -0.4 is 5.32 Å². The fourth-order valence-corrected chi connectivity index (χ4v) is 2.25. The molecule has 7 nitrogen and oxygen atoms in total. The van der Waals surface area contributed by atoms with Gasteiger partial charge in [-0.05, 0) is 0 Å². The Morgan fingerprint density at radius 2 is 2.43 bits per heavy atom. The van der Waals surface area contributed by atoms with E-state index in [-0.39, 0.29) is 30.1 Å². The molecule has 2 rings (SSSR count). The van der Waals surface area contributed by atoms with Crippen molar-refractivity contribution in [2.75, 3.05) is 47.0 Å². The molecule has 8 heteroatoms. The highest BCUT2D eigenvalue weighted by Crippen LogP contribution is 2.21. The van der Waals surface area contributed by atoms with E-state index in [1.807, 2.05) is 19.4 Å². The van der Waals surface area contributed by atoms with E-state index >= 15 is 0 Å². The number of nitrogens with zero attached hydrogens (tertiary/aromatic N) is 4. The van der Waals surface area contributed by atoms with Crippen molar-refractivity contribution in [3.05, 3.63) is 18.0 Å². The summed E-state index contributed by atoms with van der Waals surface area (Å²) in [6, 6.07) is 0. The molecule has 1 aliphatic rings. The van der Waals surface area contributed by atoms with Gasteiger partial charge >= 0.3 is 0 Å². The van der Waals surface area contributed by atoms with Crippen LogP contribution in [0, 0.1) is 0 Å². The first kappa shape index (κ1) is 18.2. The van der Waals surface area contributed by atoms with Crippen LogP contribution in [0.25, 0.3) is 0 Å². The SMILES string of the molecule is CN=C(NCCOC)N1CCOC(c2cnn(C)c2)C1.I. The number of nitrogens with one attached hydrogen (secondary N) is 1. The predicted octanol–water partition coefficient (Wildman–Crippen LogP) is 0.633. The second-order valence-electron chi connectivity index (χ2n) is 4.72. The molecule has 1 atom stereocenters. The van der Waals surface area contributed by atoms with E-state index in [4.69, 9.17) is 9.47 Å². The van der Waals surface area contributed by atoms with Crippen molar-refractivity contribution >= 4 is 29.9 Å². The third kappa shape index (κ3) is 5.11. The van der Waals surface area contributed by atoms with E-state index in [1.165, 1.54) is 0 Å². The van der Waals surface area contributed by atoms with Crippen LogP contribution in [0.5, 0.6) is 0 Å². The van der Waals surface area contributed by atoms with Crippen molar-refractivity contribution in [2.24, 2.45) is 12.0 Å². The Balaban J connectivity index is 0.00000220. The first-order valence-electron chi connectivity index (χ1n) is 6.79. The molecule has 0 radical (unpaired) electrons. The lowest BCUT2D eigenvalue weighted by Crippen LogP contribution is -2.48. The lowest BCUT2D eigenvalue weighted by Gasteiger charge is -2.34. The summed E-state index contributed by atoms with van der Waals surface area (Å²) in [7, 11) is 5.40. The fourth-order valence-electron chi connectivity index (χ4n) is 2.25. The molecule has 1 N–H and O–H groups in total. The lowest BCUT2D eigenvalue weighted by atomic mass is 10.1. The van der Waals surface area contributed by atoms with Crippen molar-refractivity contribution in [1.29, 1.82) is 0 Å². The average molecular weight is 409 g/mol. The van der Waals surface area contributed by atoms with Crippen molar-refractivity contribution in [3.63, 3.8) is 0 Å². The molecule has 2 heterocycles. The minimum Gasteiger partial charge on any atom is -0.383 e. The molecule has 0 bridgehead atoms. The van der Waals surface area contributed by atoms with Gasteiger partial charge in [-0.15, -0.1) is 24.0 Å². The summed E-state index contributed by atoms with van der Waals surface area (Å²) >= 11 is 0. The largest absolute Gasteiger partial charge is 0.383 e. The standard InChI is InChI=1S/C13H23N5O2.HI/c1-14-13(15-4-6-19-3)18-5-7-20-12(10-18)11-8-16-17(2)9-11;/h8-9,12H,4-7,10H2,1-3H3,(H,14,15);1H. The Bertz CT molecular complexity index is 452. The molecular formula is C13H24IN5O2. The third-order valence-electron chi connectivity index (χ3n) is 3.26. The van der Waals surface area contributed by atoms with Gasteiger partial charge in [0.05, 0.1) is 26.0 Å². The lowest BCUT2D eigenvalue weighted by molar-refractivity contribution is -0.00810. The molecule has 1 aromatic rings. The first-order chi connectivity index (χ1) is 9.74. The summed E-state index contributed by atoms with van der Waals surface area (Å²) in [4.78, 5) is 6.52. The van der Waals surface area contributed by atoms with E-state index in [9.17, 15) is 0 Å². The van der Waals surface area contributed by atoms with Gasteiger partial charge in [-0.2, -0.15) is 5.10 Å². The molecule has 21 heavy (non-hydrogen) atoms. The van der Waals surface area contributed by atoms with Gasteiger partial charge < -0.3 is 19.7 Å². The predicted molar refractivity (Wildman–Crippen MR) is 92.1 cm³/mol. The van der Waals surface area contributed by atoms with Gasteiger partial charge in [-0.25, -0.2) is 0 Å². The highest BCUT2D eigenvalue weighted by Gasteiger charge is 2.24. The number of methoxy groups -OCH3 is 1. The van der Waals surface area contributed by atoms with E-state index in [0.29, 0.717) is 13.2 Å². The number of ether oxygens (including phenoxy) is 2. The first-order valence-corrected chi connectivity index (χ1v) is 6.79. The molecule has 0 aliphatic carbocycles. The zero-order valence-electron chi connectivity index (χ0n) is 12.8. The second kappa shape index (κ2) is 9.21. The Morgan fingerprint density at radius 3 is 3.05 bits per heavy atom. The number of halogens is 1. The summed E-state index contributed by atoms with van der Waals surface area (Å²) in [5.41, 5.74) is 1.10. The van der Waals surface area contributed by atoms with Crippen LogP contribution in [0.1, 0.15) is 11.7 Å². The van der Waals surface area contributed by atoms with Crippen LogP contribution in [0.2, 0.25) is 0 Å². The maximum Gasteiger partial charge on any atom is 0.193 e. The zero-order chi connectivity index (χ0) is 14.4.